The van der Waals surface area contributed by atoms with Gasteiger partial charge < -0.3 is 15.4 Å². The first-order chi connectivity index (χ1) is 10.8. The van der Waals surface area contributed by atoms with Crippen LogP contribution in [0.25, 0.3) is 0 Å². The van der Waals surface area contributed by atoms with E-state index in [-0.39, 0.29) is 18.3 Å². The molecule has 2 N–H and O–H groups in total. The first kappa shape index (κ1) is 18.1. The maximum Gasteiger partial charge on any atom is 0.234 e. The summed E-state index contributed by atoms with van der Waals surface area (Å²) in [6, 6.07) is 8.02. The number of amides is 1. The summed E-state index contributed by atoms with van der Waals surface area (Å²) in [7, 11) is 0. The molecule has 0 unspecified atom stereocenters. The Kier molecular flexibility index (Phi) is 7.18. The van der Waals surface area contributed by atoms with Gasteiger partial charge in [0.15, 0.2) is 0 Å². The number of rotatable bonds is 8. The largest absolute Gasteiger partial charge is 0.490 e. The minimum Gasteiger partial charge on any atom is -0.490 e. The summed E-state index contributed by atoms with van der Waals surface area (Å²) in [5, 5.41) is 6.19. The highest BCUT2D eigenvalue weighted by molar-refractivity contribution is 5.85. The highest BCUT2D eigenvalue weighted by Crippen LogP contribution is 2.27. The molecule has 0 bridgehead atoms. The number of benzene rings is 1. The van der Waals surface area contributed by atoms with E-state index in [0.29, 0.717) is 19.2 Å². The number of carbonyl (C=O) groups is 1. The zero-order valence-corrected chi connectivity index (χ0v) is 14.4. The van der Waals surface area contributed by atoms with Crippen LogP contribution < -0.4 is 15.4 Å². The summed E-state index contributed by atoms with van der Waals surface area (Å²) in [6.45, 7) is 1.91. The highest BCUT2D eigenvalue weighted by Gasteiger charge is 2.20. The van der Waals surface area contributed by atoms with Crippen LogP contribution in [-0.2, 0) is 11.3 Å². The number of carbonyl (C=O) groups excluding carboxylic acids is 1. The molecule has 3 rings (SSSR count). The second kappa shape index (κ2) is 9.14. The average molecular weight is 339 g/mol. The van der Waals surface area contributed by atoms with Crippen molar-refractivity contribution in [3.8, 4) is 5.75 Å². The Morgan fingerprint density at radius 1 is 1.13 bits per heavy atom. The average Bonchev–Trinajstić information content (AvgIpc) is 3.21. The number of ether oxygens (including phenoxy) is 1. The van der Waals surface area contributed by atoms with Gasteiger partial charge >= 0.3 is 0 Å². The fraction of sp³-hybridized carbons (Fsp3) is 0.611. The van der Waals surface area contributed by atoms with Crippen molar-refractivity contribution in [3.05, 3.63) is 29.8 Å². The van der Waals surface area contributed by atoms with E-state index in [4.69, 9.17) is 4.74 Å². The number of halogens is 1. The molecule has 2 aliphatic carbocycles. The molecule has 0 spiro atoms. The van der Waals surface area contributed by atoms with Gasteiger partial charge in [0.2, 0.25) is 5.91 Å². The predicted octanol–water partition coefficient (Wildman–Crippen LogP) is 3.05. The lowest BCUT2D eigenvalue weighted by Gasteiger charge is -2.16. The van der Waals surface area contributed by atoms with Gasteiger partial charge in [-0.2, -0.15) is 0 Å². The fourth-order valence-corrected chi connectivity index (χ4v) is 2.92. The van der Waals surface area contributed by atoms with E-state index in [1.165, 1.54) is 25.7 Å². The fourth-order valence-electron chi connectivity index (χ4n) is 2.92. The van der Waals surface area contributed by atoms with Gasteiger partial charge in [-0.3, -0.25) is 4.79 Å². The third-order valence-corrected chi connectivity index (χ3v) is 4.46. The Morgan fingerprint density at radius 3 is 2.61 bits per heavy atom. The summed E-state index contributed by atoms with van der Waals surface area (Å²) < 4.78 is 6.09. The molecule has 2 aliphatic rings. The molecular weight excluding hydrogens is 312 g/mol. The molecule has 23 heavy (non-hydrogen) atoms. The number of nitrogens with one attached hydrogen (secondary N) is 2. The SMILES string of the molecule is Cl.O=C(CNCC1CC1)NCc1ccccc1OC1CCCC1. The normalized spacial score (nSPS) is 17.6. The zero-order valence-electron chi connectivity index (χ0n) is 13.6. The van der Waals surface area contributed by atoms with Gasteiger partial charge in [-0.25, -0.2) is 0 Å². The maximum absolute atomic E-state index is 11.9. The monoisotopic (exact) mass is 338 g/mol. The second-order valence-electron chi connectivity index (χ2n) is 6.48. The molecule has 0 atom stereocenters. The number of hydrogen-bond acceptors (Lipinski definition) is 3. The quantitative estimate of drug-likeness (QED) is 0.766. The van der Waals surface area contributed by atoms with Crippen molar-refractivity contribution in [1.29, 1.82) is 0 Å². The minimum atomic E-state index is 0. The Balaban J connectivity index is 0.00000192. The lowest BCUT2D eigenvalue weighted by Crippen LogP contribution is -2.34. The molecule has 1 amide bonds. The van der Waals surface area contributed by atoms with Crippen LogP contribution in [0.4, 0.5) is 0 Å². The molecule has 2 fully saturated rings. The van der Waals surface area contributed by atoms with E-state index in [9.17, 15) is 4.79 Å². The van der Waals surface area contributed by atoms with Crippen LogP contribution in [0.2, 0.25) is 0 Å². The van der Waals surface area contributed by atoms with Gasteiger partial charge in [-0.15, -0.1) is 12.4 Å². The van der Waals surface area contributed by atoms with Crippen LogP contribution in [0, 0.1) is 5.92 Å². The van der Waals surface area contributed by atoms with Gasteiger partial charge in [0, 0.05) is 12.1 Å². The van der Waals surface area contributed by atoms with Crippen LogP contribution in [0.3, 0.4) is 0 Å². The minimum absolute atomic E-state index is 0. The summed E-state index contributed by atoms with van der Waals surface area (Å²) in [5.74, 6) is 1.77. The van der Waals surface area contributed by atoms with E-state index in [0.717, 1.165) is 36.6 Å². The molecule has 128 valence electrons. The van der Waals surface area contributed by atoms with E-state index < -0.39 is 0 Å². The van der Waals surface area contributed by atoms with Crippen molar-refractivity contribution < 1.29 is 9.53 Å². The van der Waals surface area contributed by atoms with Gasteiger partial charge in [0.25, 0.3) is 0 Å². The van der Waals surface area contributed by atoms with Gasteiger partial charge in [-0.1, -0.05) is 18.2 Å². The molecule has 0 aromatic heterocycles. The summed E-state index contributed by atoms with van der Waals surface area (Å²) in [6.07, 6.45) is 7.77. The van der Waals surface area contributed by atoms with Crippen molar-refractivity contribution in [2.75, 3.05) is 13.1 Å². The van der Waals surface area contributed by atoms with Gasteiger partial charge in [0.1, 0.15) is 5.75 Å². The number of para-hydroxylation sites is 1. The predicted molar refractivity (Wildman–Crippen MR) is 94.0 cm³/mol. The Labute approximate surface area is 144 Å². The third kappa shape index (κ3) is 6.04. The second-order valence-corrected chi connectivity index (χ2v) is 6.48. The van der Waals surface area contributed by atoms with E-state index in [1.54, 1.807) is 0 Å². The van der Waals surface area contributed by atoms with Crippen LogP contribution in [0.1, 0.15) is 44.1 Å². The summed E-state index contributed by atoms with van der Waals surface area (Å²) in [5.41, 5.74) is 1.06. The number of hydrogen-bond donors (Lipinski definition) is 2. The molecule has 1 aromatic rings. The Bertz CT molecular complexity index is 500. The standard InChI is InChI=1S/C18H26N2O2.ClH/c21-18(13-19-11-14-9-10-14)20-12-15-5-1-4-8-17(15)22-16-6-2-3-7-16;/h1,4-5,8,14,16,19H,2-3,6-7,9-13H2,(H,20,21);1H. The molecule has 0 saturated heterocycles. The smallest absolute Gasteiger partial charge is 0.234 e. The zero-order chi connectivity index (χ0) is 15.2. The maximum atomic E-state index is 11.9. The molecular formula is C18H27ClN2O2. The van der Waals surface area contributed by atoms with Gasteiger partial charge in [-0.05, 0) is 57.1 Å². The van der Waals surface area contributed by atoms with Crippen molar-refractivity contribution >= 4 is 18.3 Å². The Hall–Kier alpha value is -1.26. The molecule has 0 radical (unpaired) electrons. The molecule has 5 heteroatoms. The topological polar surface area (TPSA) is 50.4 Å². The summed E-state index contributed by atoms with van der Waals surface area (Å²) >= 11 is 0. The molecule has 2 saturated carbocycles. The third-order valence-electron chi connectivity index (χ3n) is 4.46. The van der Waals surface area contributed by atoms with Crippen LogP contribution >= 0.6 is 12.4 Å². The molecule has 0 heterocycles. The summed E-state index contributed by atoms with van der Waals surface area (Å²) in [4.78, 5) is 11.9. The van der Waals surface area contributed by atoms with Crippen LogP contribution in [0.15, 0.2) is 24.3 Å². The first-order valence-corrected chi connectivity index (χ1v) is 8.53. The van der Waals surface area contributed by atoms with E-state index in [1.807, 2.05) is 24.3 Å². The van der Waals surface area contributed by atoms with Crippen LogP contribution in [0.5, 0.6) is 5.75 Å². The van der Waals surface area contributed by atoms with Crippen molar-refractivity contribution in [2.24, 2.45) is 5.92 Å². The van der Waals surface area contributed by atoms with Crippen molar-refractivity contribution in [2.45, 2.75) is 51.2 Å². The molecule has 0 aliphatic heterocycles. The van der Waals surface area contributed by atoms with Crippen molar-refractivity contribution in [3.63, 3.8) is 0 Å². The van der Waals surface area contributed by atoms with Gasteiger partial charge in [0.05, 0.1) is 12.6 Å². The molecule has 4 nitrogen and oxygen atoms in total. The highest BCUT2D eigenvalue weighted by atomic mass is 35.5. The van der Waals surface area contributed by atoms with E-state index in [2.05, 4.69) is 10.6 Å². The molecule has 1 aromatic carbocycles. The van der Waals surface area contributed by atoms with Crippen molar-refractivity contribution in [1.82, 2.24) is 10.6 Å². The lowest BCUT2D eigenvalue weighted by atomic mass is 10.2. The lowest BCUT2D eigenvalue weighted by molar-refractivity contribution is -0.120. The van der Waals surface area contributed by atoms with Crippen LogP contribution in [-0.4, -0.2) is 25.1 Å². The Morgan fingerprint density at radius 2 is 1.87 bits per heavy atom. The first-order valence-electron chi connectivity index (χ1n) is 8.53. The van der Waals surface area contributed by atoms with E-state index >= 15 is 0 Å².